The number of piperazine rings is 2. The fourth-order valence-electron chi connectivity index (χ4n) is 8.14. The number of hydrogen-bond donors (Lipinski definition) is 0. The first kappa shape index (κ1) is 53.1. The normalized spacial score (nSPS) is 20.6. The maximum absolute atomic E-state index is 13.0. The first-order valence-corrected chi connectivity index (χ1v) is 21.8. The van der Waals surface area contributed by atoms with Gasteiger partial charge >= 0.3 is 36.9 Å². The van der Waals surface area contributed by atoms with E-state index in [9.17, 15) is 66.7 Å². The van der Waals surface area contributed by atoms with Gasteiger partial charge in [-0.1, -0.05) is 48.7 Å². The molecule has 4 saturated heterocycles. The van der Waals surface area contributed by atoms with E-state index in [2.05, 4.69) is 21.3 Å². The van der Waals surface area contributed by atoms with E-state index < -0.39 is 55.8 Å². The molecule has 0 aliphatic carbocycles. The van der Waals surface area contributed by atoms with Crippen LogP contribution >= 0.6 is 23.2 Å². The van der Waals surface area contributed by atoms with Crippen molar-refractivity contribution in [2.75, 3.05) is 95.0 Å². The summed E-state index contributed by atoms with van der Waals surface area (Å²) in [5, 5.41) is 1.14. The van der Waals surface area contributed by atoms with Crippen molar-refractivity contribution >= 4 is 46.8 Å². The third-order valence-corrected chi connectivity index (χ3v) is 12.3. The maximum Gasteiger partial charge on any atom is 0.434 e. The molecular formula is C41H49Cl2F13N6O4. The Morgan fingerprint density at radius 1 is 0.576 bits per heavy atom. The van der Waals surface area contributed by atoms with E-state index in [0.29, 0.717) is 42.1 Å². The molecule has 0 bridgehead atoms. The lowest BCUT2D eigenvalue weighted by molar-refractivity contribution is -0.309. The summed E-state index contributed by atoms with van der Waals surface area (Å²) in [6.45, 7) is 6.59. The van der Waals surface area contributed by atoms with E-state index in [-0.39, 0.29) is 58.3 Å². The Morgan fingerprint density at radius 3 is 1.23 bits per heavy atom. The monoisotopic (exact) mass is 1010 g/mol. The number of hydrogen-bond acceptors (Lipinski definition) is 8. The molecule has 4 aliphatic rings. The summed E-state index contributed by atoms with van der Waals surface area (Å²) in [4.78, 5) is 33.8. The quantitative estimate of drug-likeness (QED) is 0.218. The lowest BCUT2D eigenvalue weighted by Crippen LogP contribution is -2.52. The number of carbonyl (C=O) groups is 2. The van der Waals surface area contributed by atoms with Crippen molar-refractivity contribution in [3.63, 3.8) is 0 Å². The molecule has 4 heterocycles. The largest absolute Gasteiger partial charge is 0.434 e. The number of carbonyl (C=O) groups excluding carboxylic acids is 2. The van der Waals surface area contributed by atoms with Gasteiger partial charge in [0.15, 0.2) is 0 Å². The summed E-state index contributed by atoms with van der Waals surface area (Å²) in [5.41, 5.74) is 3.82. The van der Waals surface area contributed by atoms with Gasteiger partial charge in [-0.15, -0.1) is 0 Å². The molecule has 0 N–H and O–H groups in total. The van der Waals surface area contributed by atoms with Crippen LogP contribution < -0.4 is 9.80 Å². The molecular weight excluding hydrogens is 958 g/mol. The van der Waals surface area contributed by atoms with Gasteiger partial charge in [0.2, 0.25) is 0 Å². The molecule has 0 saturated carbocycles. The van der Waals surface area contributed by atoms with E-state index in [4.69, 9.17) is 23.2 Å². The first-order valence-electron chi connectivity index (χ1n) is 21.0. The summed E-state index contributed by atoms with van der Waals surface area (Å²) < 4.78 is 172. The van der Waals surface area contributed by atoms with Crippen molar-refractivity contribution in [3.05, 3.63) is 57.6 Å². The average Bonchev–Trinajstić information content (AvgIpc) is 3.93. The molecule has 0 spiro atoms. The van der Waals surface area contributed by atoms with E-state index in [1.807, 2.05) is 32.9 Å². The highest BCUT2D eigenvalue weighted by atomic mass is 35.5. The van der Waals surface area contributed by atoms with E-state index >= 15 is 0 Å². The van der Waals surface area contributed by atoms with Crippen LogP contribution in [0.1, 0.15) is 37.3 Å². The Hall–Kier alpha value is -3.83. The Bertz CT molecular complexity index is 1760. The highest BCUT2D eigenvalue weighted by molar-refractivity contribution is 6.31. The van der Waals surface area contributed by atoms with Crippen LogP contribution in [0.4, 0.5) is 78.0 Å². The highest BCUT2D eigenvalue weighted by Gasteiger charge is 2.61. The van der Waals surface area contributed by atoms with Crippen LogP contribution in [0.25, 0.3) is 0 Å². The second kappa shape index (κ2) is 22.1. The van der Waals surface area contributed by atoms with Crippen LogP contribution in [0.5, 0.6) is 0 Å². The highest BCUT2D eigenvalue weighted by Crippen LogP contribution is 2.38. The molecule has 2 aromatic carbocycles. The third kappa shape index (κ3) is 14.6. The van der Waals surface area contributed by atoms with Crippen molar-refractivity contribution in [2.24, 2.45) is 11.8 Å². The smallest absolute Gasteiger partial charge is 0.426 e. The van der Waals surface area contributed by atoms with Crippen LogP contribution in [0.3, 0.4) is 0 Å². The van der Waals surface area contributed by atoms with Crippen LogP contribution in [-0.4, -0.2) is 154 Å². The molecule has 2 amide bonds. The van der Waals surface area contributed by atoms with Crippen molar-refractivity contribution < 1.29 is 76.1 Å². The van der Waals surface area contributed by atoms with Gasteiger partial charge in [0.1, 0.15) is 0 Å². The zero-order chi connectivity index (χ0) is 48.8. The fraction of sp³-hybridized carbons (Fsp3) is 0.659. The minimum Gasteiger partial charge on any atom is -0.426 e. The average molecular weight is 1010 g/mol. The summed E-state index contributed by atoms with van der Waals surface area (Å²) in [5.74, 6) is 0.562. The van der Waals surface area contributed by atoms with Crippen molar-refractivity contribution in [2.45, 2.75) is 76.2 Å². The molecule has 4 aliphatic heterocycles. The molecule has 66 heavy (non-hydrogen) atoms. The maximum atomic E-state index is 13.0. The van der Waals surface area contributed by atoms with Crippen molar-refractivity contribution in [1.29, 1.82) is 0 Å². The lowest BCUT2D eigenvalue weighted by Gasteiger charge is -2.36. The van der Waals surface area contributed by atoms with Gasteiger partial charge in [-0.25, -0.2) is 9.59 Å². The zero-order valence-corrected chi connectivity index (χ0v) is 37.0. The third-order valence-electron chi connectivity index (χ3n) is 11.8. The van der Waals surface area contributed by atoms with Gasteiger partial charge < -0.3 is 29.1 Å². The molecule has 372 valence electrons. The zero-order valence-electron chi connectivity index (χ0n) is 35.5. The summed E-state index contributed by atoms with van der Waals surface area (Å²) in [7, 11) is 0. The lowest BCUT2D eigenvalue weighted by atomic mass is 10.1. The Morgan fingerprint density at radius 2 is 0.924 bits per heavy atom. The van der Waals surface area contributed by atoms with Gasteiger partial charge in [-0.05, 0) is 54.2 Å². The Kier molecular flexibility index (Phi) is 17.8. The van der Waals surface area contributed by atoms with Crippen LogP contribution in [0, 0.1) is 11.8 Å². The van der Waals surface area contributed by atoms with Gasteiger partial charge in [-0.3, -0.25) is 14.2 Å². The van der Waals surface area contributed by atoms with Crippen LogP contribution in [0.15, 0.2) is 36.4 Å². The van der Waals surface area contributed by atoms with Gasteiger partial charge in [0.05, 0.1) is 6.67 Å². The molecule has 0 unspecified atom stereocenters. The fourth-order valence-corrected chi connectivity index (χ4v) is 8.47. The molecule has 2 aromatic rings. The number of nitrogens with zero attached hydrogens (tertiary/aromatic N) is 6. The predicted molar refractivity (Wildman–Crippen MR) is 218 cm³/mol. The number of benzene rings is 2. The topological polar surface area (TPSA) is 72.0 Å². The molecule has 2 atom stereocenters. The number of amides is 2. The van der Waals surface area contributed by atoms with Gasteiger partial charge in [-0.2, -0.15) is 52.7 Å². The van der Waals surface area contributed by atoms with E-state index in [0.717, 1.165) is 64.7 Å². The van der Waals surface area contributed by atoms with Crippen molar-refractivity contribution in [3.8, 4) is 0 Å². The summed E-state index contributed by atoms with van der Waals surface area (Å²) in [6, 6.07) is 11.0. The Labute approximate surface area is 382 Å². The first-order chi connectivity index (χ1) is 30.8. The summed E-state index contributed by atoms with van der Waals surface area (Å²) in [6.07, 6.45) is -31.6. The SMILES string of the molecule is CC[C@H]1CCN(c2cc(Cl)ccc2CN2CCN(C(=O)OC(C(F)(F)F)C(F)(F)F)CC2)C1.O=C(OC(C(F)(F)F)C(F)(F)F)N1CCN(Cc2ccc(Cl)cc2N2CC[C@H](CF)C2)CC1. The van der Waals surface area contributed by atoms with Gasteiger partial charge in [0, 0.05) is 119 Å². The molecule has 6 rings (SSSR count). The summed E-state index contributed by atoms with van der Waals surface area (Å²) >= 11 is 12.3. The predicted octanol–water partition coefficient (Wildman–Crippen LogP) is 10.2. The second-order valence-electron chi connectivity index (χ2n) is 16.5. The molecule has 10 nitrogen and oxygen atoms in total. The van der Waals surface area contributed by atoms with Gasteiger partial charge in [0.25, 0.3) is 12.2 Å². The number of anilines is 2. The minimum atomic E-state index is -5.75. The molecule has 0 aromatic heterocycles. The van der Waals surface area contributed by atoms with Crippen molar-refractivity contribution in [1.82, 2.24) is 19.6 Å². The number of rotatable bonds is 10. The molecule has 0 radical (unpaired) electrons. The number of halogens is 15. The van der Waals surface area contributed by atoms with E-state index in [1.54, 1.807) is 18.2 Å². The standard InChI is InChI=1S/C21H26ClF6N3O2.C20H23ClF7N3O2/c1-2-14-5-6-31(12-14)17-11-16(22)4-3-15(17)13-29-7-9-30(10-8-29)19(32)33-18(20(23,24)25)21(26,27)28;21-15-2-1-14(16(9-15)31-4-3-13(10-22)11-31)12-29-5-7-30(8-6-29)18(32)33-17(19(23,24)25)20(26,27)28/h3-4,11,14,18H,2,5-10,12-13H2,1H3;1-2,9,13,17H,3-8,10-12H2/t14-;13-/m01/s1. The van der Waals surface area contributed by atoms with Crippen LogP contribution in [-0.2, 0) is 22.6 Å². The molecule has 25 heteroatoms. The molecule has 4 fully saturated rings. The Balaban J connectivity index is 0.000000247. The van der Waals surface area contributed by atoms with E-state index in [1.165, 1.54) is 0 Å². The second-order valence-corrected chi connectivity index (χ2v) is 17.4. The number of ether oxygens (including phenoxy) is 2. The minimum absolute atomic E-state index is 0.0359. The van der Waals surface area contributed by atoms with Crippen LogP contribution in [0.2, 0.25) is 10.0 Å². The number of alkyl halides is 13.